The minimum Gasteiger partial charge on any atom is -0.488 e. The lowest BCUT2D eigenvalue weighted by atomic mass is 10.1. The number of H-pyrrole nitrogens is 1. The molecule has 0 spiro atoms. The number of hydrogen-bond donors (Lipinski definition) is 1. The van der Waals surface area contributed by atoms with Gasteiger partial charge in [0, 0.05) is 29.6 Å². The SMILES string of the molecule is CCc1cnc(-c2cc(Oc3ccc(S(C)(=O)=O)cc3)cc(OC(C)COCc3ccccc3)c2)[nH]c1=O. The van der Waals surface area contributed by atoms with Gasteiger partial charge < -0.3 is 19.2 Å². The van der Waals surface area contributed by atoms with Crippen LogP contribution in [0.4, 0.5) is 0 Å². The Kier molecular flexibility index (Phi) is 8.60. The van der Waals surface area contributed by atoms with E-state index < -0.39 is 9.84 Å². The second kappa shape index (κ2) is 12.1. The van der Waals surface area contributed by atoms with Crippen LogP contribution in [-0.4, -0.2) is 37.4 Å². The number of nitrogens with zero attached hydrogens (tertiary/aromatic N) is 1. The summed E-state index contributed by atoms with van der Waals surface area (Å²) >= 11 is 0. The van der Waals surface area contributed by atoms with E-state index in [1.165, 1.54) is 12.1 Å². The van der Waals surface area contributed by atoms with Gasteiger partial charge in [0.15, 0.2) is 9.84 Å². The van der Waals surface area contributed by atoms with E-state index in [4.69, 9.17) is 14.2 Å². The first-order valence-corrected chi connectivity index (χ1v) is 14.1. The van der Waals surface area contributed by atoms with Crippen molar-refractivity contribution in [3.05, 3.63) is 100 Å². The maximum Gasteiger partial charge on any atom is 0.254 e. The summed E-state index contributed by atoms with van der Waals surface area (Å²) in [5.74, 6) is 1.76. The molecule has 3 aromatic carbocycles. The van der Waals surface area contributed by atoms with E-state index in [1.54, 1.807) is 36.5 Å². The summed E-state index contributed by atoms with van der Waals surface area (Å²) < 4.78 is 41.5. The first-order chi connectivity index (χ1) is 18.2. The summed E-state index contributed by atoms with van der Waals surface area (Å²) in [5.41, 5.74) is 2.06. The van der Waals surface area contributed by atoms with E-state index in [0.29, 0.717) is 53.8 Å². The Bertz CT molecular complexity index is 1530. The number of rotatable bonds is 11. The van der Waals surface area contributed by atoms with Gasteiger partial charge in [-0.1, -0.05) is 37.3 Å². The fourth-order valence-electron chi connectivity index (χ4n) is 3.73. The zero-order chi connectivity index (χ0) is 27.1. The fourth-order valence-corrected chi connectivity index (χ4v) is 4.36. The van der Waals surface area contributed by atoms with E-state index in [1.807, 2.05) is 44.2 Å². The average molecular weight is 535 g/mol. The number of aromatic nitrogens is 2. The van der Waals surface area contributed by atoms with Crippen LogP contribution in [0.1, 0.15) is 25.0 Å². The largest absolute Gasteiger partial charge is 0.488 e. The Labute approximate surface area is 222 Å². The molecule has 0 saturated heterocycles. The van der Waals surface area contributed by atoms with Crippen molar-refractivity contribution in [3.63, 3.8) is 0 Å². The molecule has 1 N–H and O–H groups in total. The quantitative estimate of drug-likeness (QED) is 0.283. The van der Waals surface area contributed by atoms with Gasteiger partial charge in [-0.25, -0.2) is 13.4 Å². The van der Waals surface area contributed by atoms with E-state index in [2.05, 4.69) is 9.97 Å². The molecule has 0 radical (unpaired) electrons. The van der Waals surface area contributed by atoms with Gasteiger partial charge in [-0.15, -0.1) is 0 Å². The van der Waals surface area contributed by atoms with Crippen molar-refractivity contribution in [2.45, 2.75) is 37.9 Å². The van der Waals surface area contributed by atoms with Crippen LogP contribution >= 0.6 is 0 Å². The lowest BCUT2D eigenvalue weighted by molar-refractivity contribution is 0.0492. The highest BCUT2D eigenvalue weighted by Gasteiger charge is 2.13. The highest BCUT2D eigenvalue weighted by Crippen LogP contribution is 2.32. The van der Waals surface area contributed by atoms with Crippen LogP contribution in [0.15, 0.2) is 88.7 Å². The minimum atomic E-state index is -3.32. The topological polar surface area (TPSA) is 108 Å². The van der Waals surface area contributed by atoms with Crippen LogP contribution in [0.5, 0.6) is 17.2 Å². The number of aryl methyl sites for hydroxylation is 1. The smallest absolute Gasteiger partial charge is 0.254 e. The first kappa shape index (κ1) is 27.1. The van der Waals surface area contributed by atoms with Crippen LogP contribution in [0.2, 0.25) is 0 Å². The van der Waals surface area contributed by atoms with Crippen LogP contribution in [0, 0.1) is 0 Å². The third-order valence-electron chi connectivity index (χ3n) is 5.70. The standard InChI is InChI=1S/C29H30N2O6S/c1-4-22-17-30-28(31-29(22)32)23-14-25(36-20(2)18-35-19-21-8-6-5-7-9-21)16-26(15-23)37-24-10-12-27(13-11-24)38(3,33)34/h5-17,20H,4,18-19H2,1-3H3,(H,30,31,32). The van der Waals surface area contributed by atoms with E-state index in [-0.39, 0.29) is 16.6 Å². The minimum absolute atomic E-state index is 0.199. The normalized spacial score (nSPS) is 12.2. The first-order valence-electron chi connectivity index (χ1n) is 12.2. The Morgan fingerprint density at radius 2 is 1.66 bits per heavy atom. The highest BCUT2D eigenvalue weighted by molar-refractivity contribution is 7.90. The van der Waals surface area contributed by atoms with E-state index in [9.17, 15) is 13.2 Å². The molecule has 38 heavy (non-hydrogen) atoms. The molecule has 0 amide bonds. The zero-order valence-corrected chi connectivity index (χ0v) is 22.3. The monoisotopic (exact) mass is 534 g/mol. The molecular weight excluding hydrogens is 504 g/mol. The Balaban J connectivity index is 1.56. The van der Waals surface area contributed by atoms with Crippen molar-refractivity contribution < 1.29 is 22.6 Å². The van der Waals surface area contributed by atoms with Gasteiger partial charge in [0.1, 0.15) is 29.2 Å². The molecule has 0 bridgehead atoms. The molecule has 198 valence electrons. The number of sulfone groups is 1. The molecule has 1 heterocycles. The maximum atomic E-state index is 12.4. The number of ether oxygens (including phenoxy) is 3. The summed E-state index contributed by atoms with van der Waals surface area (Å²) in [6.45, 7) is 4.63. The fraction of sp³-hybridized carbons (Fsp3) is 0.241. The summed E-state index contributed by atoms with van der Waals surface area (Å²) in [6, 6.07) is 21.3. The Hall–Kier alpha value is -3.95. The second-order valence-corrected chi connectivity index (χ2v) is 10.9. The highest BCUT2D eigenvalue weighted by atomic mass is 32.2. The summed E-state index contributed by atoms with van der Waals surface area (Å²) in [6.07, 6.45) is 3.01. The van der Waals surface area contributed by atoms with Crippen LogP contribution in [0.25, 0.3) is 11.4 Å². The Morgan fingerprint density at radius 1 is 0.947 bits per heavy atom. The van der Waals surface area contributed by atoms with Crippen molar-refractivity contribution in [1.82, 2.24) is 9.97 Å². The van der Waals surface area contributed by atoms with Crippen LogP contribution in [-0.2, 0) is 27.6 Å². The van der Waals surface area contributed by atoms with E-state index in [0.717, 1.165) is 11.8 Å². The maximum absolute atomic E-state index is 12.4. The molecule has 4 aromatic rings. The van der Waals surface area contributed by atoms with Gasteiger partial charge in [0.2, 0.25) is 0 Å². The number of nitrogens with one attached hydrogen (secondary N) is 1. The molecule has 0 aliphatic heterocycles. The third-order valence-corrected chi connectivity index (χ3v) is 6.82. The molecular formula is C29H30N2O6S. The van der Waals surface area contributed by atoms with Crippen LogP contribution < -0.4 is 15.0 Å². The number of aromatic amines is 1. The van der Waals surface area contributed by atoms with Gasteiger partial charge >= 0.3 is 0 Å². The Morgan fingerprint density at radius 3 is 2.32 bits per heavy atom. The molecule has 1 unspecified atom stereocenters. The van der Waals surface area contributed by atoms with Crippen LogP contribution in [0.3, 0.4) is 0 Å². The molecule has 1 atom stereocenters. The molecule has 4 rings (SSSR count). The van der Waals surface area contributed by atoms with E-state index >= 15 is 0 Å². The zero-order valence-electron chi connectivity index (χ0n) is 21.5. The molecule has 8 nitrogen and oxygen atoms in total. The van der Waals surface area contributed by atoms with Gasteiger partial charge in [0.25, 0.3) is 5.56 Å². The molecule has 0 aliphatic carbocycles. The van der Waals surface area contributed by atoms with Crippen molar-refractivity contribution in [1.29, 1.82) is 0 Å². The summed E-state index contributed by atoms with van der Waals surface area (Å²) in [7, 11) is -3.32. The molecule has 0 fully saturated rings. The lowest BCUT2D eigenvalue weighted by Crippen LogP contribution is -2.19. The van der Waals surface area contributed by atoms with Crippen molar-refractivity contribution in [2.75, 3.05) is 12.9 Å². The van der Waals surface area contributed by atoms with Crippen molar-refractivity contribution in [2.24, 2.45) is 0 Å². The third kappa shape index (κ3) is 7.30. The molecule has 0 saturated carbocycles. The molecule has 0 aliphatic rings. The van der Waals surface area contributed by atoms with Gasteiger partial charge in [0.05, 0.1) is 18.1 Å². The van der Waals surface area contributed by atoms with Crippen molar-refractivity contribution >= 4 is 9.84 Å². The lowest BCUT2D eigenvalue weighted by Gasteiger charge is -2.17. The number of benzene rings is 3. The number of hydrogen-bond acceptors (Lipinski definition) is 7. The average Bonchev–Trinajstić information content (AvgIpc) is 2.89. The summed E-state index contributed by atoms with van der Waals surface area (Å²) in [4.78, 5) is 19.8. The molecule has 9 heteroatoms. The second-order valence-electron chi connectivity index (χ2n) is 8.91. The molecule has 1 aromatic heterocycles. The van der Waals surface area contributed by atoms with Crippen molar-refractivity contribution in [3.8, 4) is 28.6 Å². The predicted molar refractivity (Wildman–Crippen MR) is 145 cm³/mol. The van der Waals surface area contributed by atoms with Gasteiger partial charge in [-0.05, 0) is 55.3 Å². The predicted octanol–water partition coefficient (Wildman–Crippen LogP) is 5.18. The van der Waals surface area contributed by atoms with Gasteiger partial charge in [-0.3, -0.25) is 4.79 Å². The van der Waals surface area contributed by atoms with Gasteiger partial charge in [-0.2, -0.15) is 0 Å². The summed E-state index contributed by atoms with van der Waals surface area (Å²) in [5, 5.41) is 0.